The van der Waals surface area contributed by atoms with E-state index in [1.165, 1.54) is 10.7 Å². The topological polar surface area (TPSA) is 79.9 Å². The van der Waals surface area contributed by atoms with Gasteiger partial charge in [0.1, 0.15) is 5.75 Å². The van der Waals surface area contributed by atoms with E-state index in [4.69, 9.17) is 16.3 Å². The van der Waals surface area contributed by atoms with Gasteiger partial charge < -0.3 is 9.72 Å². The summed E-state index contributed by atoms with van der Waals surface area (Å²) in [5.74, 6) is -0.219. The molecule has 0 saturated carbocycles. The number of aromatic amines is 2. The van der Waals surface area contributed by atoms with E-state index in [9.17, 15) is 9.59 Å². The minimum atomic E-state index is -0.753. The first-order valence-electron chi connectivity index (χ1n) is 11.2. The molecule has 1 unspecified atom stereocenters. The van der Waals surface area contributed by atoms with Crippen molar-refractivity contribution in [3.63, 3.8) is 0 Å². The summed E-state index contributed by atoms with van der Waals surface area (Å²) in [6.07, 6.45) is 0. The Morgan fingerprint density at radius 1 is 0.971 bits per heavy atom. The Bertz CT molecular complexity index is 1590. The van der Waals surface area contributed by atoms with Crippen molar-refractivity contribution in [3.05, 3.63) is 116 Å². The van der Waals surface area contributed by atoms with Gasteiger partial charge >= 0.3 is 0 Å². The monoisotopic (exact) mass is 485 g/mol. The van der Waals surface area contributed by atoms with E-state index in [0.717, 1.165) is 27.7 Å². The van der Waals surface area contributed by atoms with Crippen LogP contribution in [0.3, 0.4) is 0 Å². The highest BCUT2D eigenvalue weighted by molar-refractivity contribution is 6.30. The van der Waals surface area contributed by atoms with Crippen LogP contribution in [0.2, 0.25) is 5.02 Å². The normalized spacial score (nSPS) is 12.1. The highest BCUT2D eigenvalue weighted by atomic mass is 35.5. The maximum absolute atomic E-state index is 14.0. The molecule has 1 atom stereocenters. The number of nitrogens with one attached hydrogen (secondary N) is 2. The highest BCUT2D eigenvalue weighted by Crippen LogP contribution is 2.37. The molecule has 0 saturated heterocycles. The molecule has 3 aromatic carbocycles. The van der Waals surface area contributed by atoms with Gasteiger partial charge in [-0.05, 0) is 74.0 Å². The molecule has 5 aromatic rings. The quantitative estimate of drug-likeness (QED) is 0.292. The van der Waals surface area contributed by atoms with Crippen LogP contribution in [-0.4, -0.2) is 27.7 Å². The predicted molar refractivity (Wildman–Crippen MR) is 138 cm³/mol. The van der Waals surface area contributed by atoms with Gasteiger partial charge in [0.2, 0.25) is 0 Å². The average molecular weight is 486 g/mol. The maximum Gasteiger partial charge on any atom is 0.271 e. The fourth-order valence-corrected chi connectivity index (χ4v) is 4.61. The second-order valence-corrected chi connectivity index (χ2v) is 9.04. The largest absolute Gasteiger partial charge is 0.497 e. The van der Waals surface area contributed by atoms with Gasteiger partial charge in [-0.25, -0.2) is 4.68 Å². The molecule has 6 nitrogen and oxygen atoms in total. The van der Waals surface area contributed by atoms with Crippen LogP contribution >= 0.6 is 11.6 Å². The Hall–Kier alpha value is -4.03. The van der Waals surface area contributed by atoms with Crippen molar-refractivity contribution in [1.29, 1.82) is 0 Å². The smallest absolute Gasteiger partial charge is 0.271 e. The number of nitrogens with zero attached hydrogens (tertiary/aromatic N) is 1. The van der Waals surface area contributed by atoms with Gasteiger partial charge in [-0.2, -0.15) is 0 Å². The van der Waals surface area contributed by atoms with Gasteiger partial charge in [0, 0.05) is 33.2 Å². The number of hydrogen-bond acceptors (Lipinski definition) is 3. The third kappa shape index (κ3) is 4.17. The maximum atomic E-state index is 14.0. The van der Waals surface area contributed by atoms with Crippen molar-refractivity contribution in [2.24, 2.45) is 0 Å². The number of hydrogen-bond donors (Lipinski definition) is 2. The Morgan fingerprint density at radius 2 is 1.69 bits per heavy atom. The highest BCUT2D eigenvalue weighted by Gasteiger charge is 2.31. The average Bonchev–Trinajstić information content (AvgIpc) is 3.39. The van der Waals surface area contributed by atoms with E-state index in [1.807, 2.05) is 56.3 Å². The molecule has 0 aliphatic rings. The molecule has 0 amide bonds. The lowest BCUT2D eigenvalue weighted by Crippen LogP contribution is -2.16. The van der Waals surface area contributed by atoms with Crippen molar-refractivity contribution >= 4 is 28.3 Å². The molecule has 0 aliphatic carbocycles. The molecule has 0 spiro atoms. The van der Waals surface area contributed by atoms with E-state index < -0.39 is 5.92 Å². The zero-order valence-corrected chi connectivity index (χ0v) is 20.3. The number of ketones is 1. The Morgan fingerprint density at radius 3 is 2.37 bits per heavy atom. The number of ether oxygens (including phenoxy) is 1. The molecule has 0 radical (unpaired) electrons. The zero-order valence-electron chi connectivity index (χ0n) is 19.6. The molecule has 35 heavy (non-hydrogen) atoms. The van der Waals surface area contributed by atoms with Crippen molar-refractivity contribution < 1.29 is 9.53 Å². The van der Waals surface area contributed by atoms with E-state index in [2.05, 4.69) is 10.1 Å². The van der Waals surface area contributed by atoms with Crippen LogP contribution in [0.15, 0.2) is 77.6 Å². The summed E-state index contributed by atoms with van der Waals surface area (Å²) >= 11 is 6.07. The van der Waals surface area contributed by atoms with Crippen LogP contribution < -0.4 is 10.3 Å². The SMILES string of the molecule is COc1ccc2[nH]c(C)c(C(C(=O)c3ccc(Cl)cc3)c3cc(=O)n(-c4ccc(C)cc4)[nH]3)c2c1. The number of methoxy groups -OCH3 is 1. The summed E-state index contributed by atoms with van der Waals surface area (Å²) in [5, 5.41) is 4.61. The zero-order chi connectivity index (χ0) is 24.7. The number of fused-ring (bicyclic) bond motifs is 1. The molecule has 0 fully saturated rings. The fourth-order valence-electron chi connectivity index (χ4n) is 4.48. The van der Waals surface area contributed by atoms with Crippen molar-refractivity contribution in [2.75, 3.05) is 7.11 Å². The summed E-state index contributed by atoms with van der Waals surface area (Å²) in [4.78, 5) is 30.4. The fraction of sp³-hybridized carbons (Fsp3) is 0.143. The number of rotatable bonds is 6. The van der Waals surface area contributed by atoms with Crippen LogP contribution in [0, 0.1) is 13.8 Å². The summed E-state index contributed by atoms with van der Waals surface area (Å²) in [6, 6.07) is 21.6. The van der Waals surface area contributed by atoms with Gasteiger partial charge in [-0.1, -0.05) is 29.3 Å². The molecule has 176 valence electrons. The number of benzene rings is 3. The summed E-state index contributed by atoms with van der Waals surface area (Å²) in [5.41, 5.74) is 5.05. The third-order valence-electron chi connectivity index (χ3n) is 6.27. The van der Waals surface area contributed by atoms with E-state index >= 15 is 0 Å². The third-order valence-corrected chi connectivity index (χ3v) is 6.52. The first-order valence-corrected chi connectivity index (χ1v) is 11.6. The van der Waals surface area contributed by atoms with E-state index in [0.29, 0.717) is 27.7 Å². The Labute approximate surface area is 207 Å². The number of aryl methyl sites for hydroxylation is 2. The number of Topliss-reactive ketones (excluding diaryl/α,β-unsaturated/α-hetero) is 1. The van der Waals surface area contributed by atoms with Crippen LogP contribution in [-0.2, 0) is 0 Å². The number of halogens is 1. The van der Waals surface area contributed by atoms with E-state index in [-0.39, 0.29) is 11.3 Å². The second kappa shape index (κ2) is 8.96. The minimum absolute atomic E-state index is 0.147. The second-order valence-electron chi connectivity index (χ2n) is 8.60. The lowest BCUT2D eigenvalue weighted by Gasteiger charge is -2.16. The predicted octanol–water partition coefficient (Wildman–Crippen LogP) is 5.94. The van der Waals surface area contributed by atoms with E-state index in [1.54, 1.807) is 31.4 Å². The number of aromatic nitrogens is 3. The van der Waals surface area contributed by atoms with Crippen LogP contribution in [0.1, 0.15) is 38.8 Å². The van der Waals surface area contributed by atoms with Crippen molar-refractivity contribution in [2.45, 2.75) is 19.8 Å². The first kappa shape index (κ1) is 22.7. The Kier molecular flexibility index (Phi) is 5.83. The van der Waals surface area contributed by atoms with Gasteiger partial charge in [-0.3, -0.25) is 14.7 Å². The first-order chi connectivity index (χ1) is 16.9. The lowest BCUT2D eigenvalue weighted by molar-refractivity contribution is 0.0972. The number of H-pyrrole nitrogens is 2. The van der Waals surface area contributed by atoms with Crippen LogP contribution in [0.4, 0.5) is 0 Å². The molecular formula is C28H24ClN3O3. The molecule has 0 aliphatic heterocycles. The number of carbonyl (C=O) groups is 1. The molecule has 2 N–H and O–H groups in total. The van der Waals surface area contributed by atoms with Gasteiger partial charge in [0.15, 0.2) is 5.78 Å². The molecule has 7 heteroatoms. The summed E-state index contributed by atoms with van der Waals surface area (Å²) in [6.45, 7) is 3.92. The number of carbonyl (C=O) groups excluding carboxylic acids is 1. The Balaban J connectivity index is 1.73. The molecule has 0 bridgehead atoms. The van der Waals surface area contributed by atoms with Gasteiger partial charge in [0.05, 0.1) is 24.4 Å². The molecular weight excluding hydrogens is 462 g/mol. The summed E-state index contributed by atoms with van der Waals surface area (Å²) in [7, 11) is 1.61. The standard InChI is InChI=1S/C28H24ClN3O3/c1-16-4-10-20(11-5-16)32-25(33)15-24(31-32)27(28(34)18-6-8-19(29)9-7-18)26-17(2)30-23-13-12-21(35-3)14-22(23)26/h4-15,27,30-31H,1-3H3. The molecule has 2 aromatic heterocycles. The van der Waals surface area contributed by atoms with Crippen molar-refractivity contribution in [1.82, 2.24) is 14.8 Å². The summed E-state index contributed by atoms with van der Waals surface area (Å²) < 4.78 is 6.91. The van der Waals surface area contributed by atoms with Gasteiger partial charge in [-0.15, -0.1) is 0 Å². The molecule has 5 rings (SSSR count). The lowest BCUT2D eigenvalue weighted by atomic mass is 9.86. The van der Waals surface area contributed by atoms with Crippen LogP contribution in [0.5, 0.6) is 5.75 Å². The molecule has 2 heterocycles. The van der Waals surface area contributed by atoms with Crippen LogP contribution in [0.25, 0.3) is 16.6 Å². The van der Waals surface area contributed by atoms with Gasteiger partial charge in [0.25, 0.3) is 5.56 Å². The minimum Gasteiger partial charge on any atom is -0.497 e. The van der Waals surface area contributed by atoms with Crippen molar-refractivity contribution in [3.8, 4) is 11.4 Å².